The number of carboxylic acid groups (broad SMARTS) is 1. The normalized spacial score (nSPS) is 29.1. The van der Waals surface area contributed by atoms with E-state index < -0.39 is 17.5 Å². The zero-order valence-corrected chi connectivity index (χ0v) is 10.3. The SMILES string of the molecule is O=C1OC2(CCC(C(=O)O)CC2)c2ccc(O)cc21. The third-order valence-corrected chi connectivity index (χ3v) is 4.14. The third kappa shape index (κ3) is 1.77. The smallest absolute Gasteiger partial charge is 0.339 e. The number of carbonyl (C=O) groups is 2. The molecule has 0 radical (unpaired) electrons. The number of hydrogen-bond acceptors (Lipinski definition) is 4. The van der Waals surface area contributed by atoms with Crippen molar-refractivity contribution in [1.29, 1.82) is 0 Å². The molecule has 1 aliphatic heterocycles. The molecule has 5 nitrogen and oxygen atoms in total. The fourth-order valence-electron chi connectivity index (χ4n) is 3.09. The number of ether oxygens (including phenoxy) is 1. The molecule has 1 aromatic rings. The lowest BCUT2D eigenvalue weighted by atomic mass is 9.75. The van der Waals surface area contributed by atoms with Crippen LogP contribution < -0.4 is 0 Å². The molecule has 100 valence electrons. The van der Waals surface area contributed by atoms with Crippen molar-refractivity contribution >= 4 is 11.9 Å². The number of carbonyl (C=O) groups excluding carboxylic acids is 1. The van der Waals surface area contributed by atoms with Crippen molar-refractivity contribution in [2.45, 2.75) is 31.3 Å². The molecule has 1 heterocycles. The second-order valence-electron chi connectivity index (χ2n) is 5.23. The molecule has 0 atom stereocenters. The van der Waals surface area contributed by atoms with E-state index >= 15 is 0 Å². The molecule has 5 heteroatoms. The van der Waals surface area contributed by atoms with Gasteiger partial charge in [0.1, 0.15) is 11.4 Å². The zero-order valence-electron chi connectivity index (χ0n) is 10.3. The Balaban J connectivity index is 1.93. The summed E-state index contributed by atoms with van der Waals surface area (Å²) in [6.07, 6.45) is 2.05. The van der Waals surface area contributed by atoms with E-state index in [0.717, 1.165) is 5.56 Å². The molecule has 1 spiro atoms. The monoisotopic (exact) mass is 262 g/mol. The molecule has 2 aliphatic rings. The summed E-state index contributed by atoms with van der Waals surface area (Å²) < 4.78 is 5.50. The summed E-state index contributed by atoms with van der Waals surface area (Å²) in [6.45, 7) is 0. The second-order valence-corrected chi connectivity index (χ2v) is 5.23. The van der Waals surface area contributed by atoms with Crippen LogP contribution in [0.4, 0.5) is 0 Å². The second kappa shape index (κ2) is 3.98. The lowest BCUT2D eigenvalue weighted by Gasteiger charge is -2.35. The molecule has 19 heavy (non-hydrogen) atoms. The Kier molecular flexibility index (Phi) is 2.52. The van der Waals surface area contributed by atoms with E-state index in [0.29, 0.717) is 31.2 Å². The molecular weight excluding hydrogens is 248 g/mol. The Labute approximate surface area is 109 Å². The first-order chi connectivity index (χ1) is 9.02. The summed E-state index contributed by atoms with van der Waals surface area (Å²) >= 11 is 0. The van der Waals surface area contributed by atoms with Gasteiger partial charge in [0, 0.05) is 5.56 Å². The lowest BCUT2D eigenvalue weighted by molar-refractivity contribution is -0.144. The third-order valence-electron chi connectivity index (χ3n) is 4.14. The number of phenolic OH excluding ortho intramolecular Hbond substituents is 1. The first kappa shape index (κ1) is 12.0. The number of rotatable bonds is 1. The molecule has 3 rings (SSSR count). The van der Waals surface area contributed by atoms with Gasteiger partial charge in [-0.15, -0.1) is 0 Å². The van der Waals surface area contributed by atoms with Crippen LogP contribution in [0.5, 0.6) is 5.75 Å². The van der Waals surface area contributed by atoms with Crippen LogP contribution >= 0.6 is 0 Å². The van der Waals surface area contributed by atoms with Crippen LogP contribution in [0.3, 0.4) is 0 Å². The van der Waals surface area contributed by atoms with Crippen LogP contribution in [-0.4, -0.2) is 22.2 Å². The van der Waals surface area contributed by atoms with Crippen LogP contribution in [0.2, 0.25) is 0 Å². The molecule has 0 saturated heterocycles. The minimum atomic E-state index is -0.787. The molecule has 0 bridgehead atoms. The highest BCUT2D eigenvalue weighted by atomic mass is 16.6. The minimum Gasteiger partial charge on any atom is -0.508 e. The zero-order chi connectivity index (χ0) is 13.6. The van der Waals surface area contributed by atoms with Crippen molar-refractivity contribution in [3.8, 4) is 5.75 Å². The summed E-state index contributed by atoms with van der Waals surface area (Å²) in [7, 11) is 0. The van der Waals surface area contributed by atoms with E-state index in [4.69, 9.17) is 9.84 Å². The minimum absolute atomic E-state index is 0.0342. The topological polar surface area (TPSA) is 83.8 Å². The molecular formula is C14H14O5. The quantitative estimate of drug-likeness (QED) is 0.756. The predicted molar refractivity (Wildman–Crippen MR) is 64.8 cm³/mol. The summed E-state index contributed by atoms with van der Waals surface area (Å²) in [5.41, 5.74) is 0.486. The van der Waals surface area contributed by atoms with Gasteiger partial charge in [-0.25, -0.2) is 4.79 Å². The number of esters is 1. The molecule has 1 fully saturated rings. The van der Waals surface area contributed by atoms with Crippen molar-refractivity contribution in [2.24, 2.45) is 5.92 Å². The maximum Gasteiger partial charge on any atom is 0.339 e. The van der Waals surface area contributed by atoms with Gasteiger partial charge in [0.2, 0.25) is 0 Å². The number of hydrogen-bond donors (Lipinski definition) is 2. The van der Waals surface area contributed by atoms with Gasteiger partial charge in [0.15, 0.2) is 0 Å². The average molecular weight is 262 g/mol. The highest BCUT2D eigenvalue weighted by molar-refractivity contribution is 5.95. The van der Waals surface area contributed by atoms with Gasteiger partial charge in [0.05, 0.1) is 11.5 Å². The standard InChI is InChI=1S/C14H14O5/c15-9-1-2-11-10(7-9)13(18)19-14(11)5-3-8(4-6-14)12(16)17/h1-2,7-8,15H,3-6H2,(H,16,17). The van der Waals surface area contributed by atoms with Gasteiger partial charge in [-0.2, -0.15) is 0 Å². The number of phenols is 1. The van der Waals surface area contributed by atoms with Crippen LogP contribution in [0.1, 0.15) is 41.6 Å². The lowest BCUT2D eigenvalue weighted by Crippen LogP contribution is -2.34. The summed E-state index contributed by atoms with van der Waals surface area (Å²) in [5, 5.41) is 18.4. The Morgan fingerprint density at radius 2 is 2.00 bits per heavy atom. The van der Waals surface area contributed by atoms with Crippen LogP contribution in [0.15, 0.2) is 18.2 Å². The molecule has 1 aromatic carbocycles. The van der Waals surface area contributed by atoms with Gasteiger partial charge in [-0.1, -0.05) is 6.07 Å². The van der Waals surface area contributed by atoms with Crippen molar-refractivity contribution in [1.82, 2.24) is 0 Å². The summed E-state index contributed by atoms with van der Waals surface area (Å²) in [6, 6.07) is 4.65. The van der Waals surface area contributed by atoms with E-state index in [2.05, 4.69) is 0 Å². The van der Waals surface area contributed by atoms with Gasteiger partial charge in [-0.05, 0) is 37.8 Å². The molecule has 1 aliphatic carbocycles. The fraction of sp³-hybridized carbons (Fsp3) is 0.429. The van der Waals surface area contributed by atoms with E-state index in [1.165, 1.54) is 12.1 Å². The first-order valence-electron chi connectivity index (χ1n) is 6.31. The Morgan fingerprint density at radius 3 is 2.63 bits per heavy atom. The molecule has 0 unspecified atom stereocenters. The van der Waals surface area contributed by atoms with E-state index in [9.17, 15) is 14.7 Å². The van der Waals surface area contributed by atoms with Crippen molar-refractivity contribution in [3.05, 3.63) is 29.3 Å². The van der Waals surface area contributed by atoms with Crippen molar-refractivity contribution in [2.75, 3.05) is 0 Å². The van der Waals surface area contributed by atoms with Gasteiger partial charge >= 0.3 is 11.9 Å². The molecule has 0 aromatic heterocycles. The predicted octanol–water partition coefficient (Wildman–Crippen LogP) is 2.03. The van der Waals surface area contributed by atoms with E-state index in [1.54, 1.807) is 6.07 Å². The number of aromatic hydroxyl groups is 1. The van der Waals surface area contributed by atoms with Crippen molar-refractivity contribution < 1.29 is 24.5 Å². The fourth-order valence-corrected chi connectivity index (χ4v) is 3.09. The average Bonchev–Trinajstić information content (AvgIpc) is 2.63. The highest BCUT2D eigenvalue weighted by Gasteiger charge is 2.48. The largest absolute Gasteiger partial charge is 0.508 e. The van der Waals surface area contributed by atoms with Crippen LogP contribution in [0, 0.1) is 5.92 Å². The molecule has 1 saturated carbocycles. The Hall–Kier alpha value is -2.04. The number of carboxylic acids is 1. The number of fused-ring (bicyclic) bond motifs is 2. The summed E-state index contributed by atoms with van der Waals surface area (Å²) in [5.74, 6) is -1.54. The Morgan fingerprint density at radius 1 is 1.32 bits per heavy atom. The van der Waals surface area contributed by atoms with E-state index in [-0.39, 0.29) is 11.7 Å². The number of benzene rings is 1. The summed E-state index contributed by atoms with van der Waals surface area (Å²) in [4.78, 5) is 22.8. The van der Waals surface area contributed by atoms with Crippen LogP contribution in [0.25, 0.3) is 0 Å². The van der Waals surface area contributed by atoms with Gasteiger partial charge < -0.3 is 14.9 Å². The van der Waals surface area contributed by atoms with Gasteiger partial charge in [-0.3, -0.25) is 4.79 Å². The highest BCUT2D eigenvalue weighted by Crippen LogP contribution is 2.48. The number of aliphatic carboxylic acids is 1. The van der Waals surface area contributed by atoms with E-state index in [1.807, 2.05) is 0 Å². The molecule has 0 amide bonds. The van der Waals surface area contributed by atoms with Crippen LogP contribution in [-0.2, 0) is 15.1 Å². The Bertz CT molecular complexity index is 555. The molecule has 2 N–H and O–H groups in total. The van der Waals surface area contributed by atoms with Gasteiger partial charge in [0.25, 0.3) is 0 Å². The maximum absolute atomic E-state index is 11.9. The van der Waals surface area contributed by atoms with Crippen molar-refractivity contribution in [3.63, 3.8) is 0 Å². The maximum atomic E-state index is 11.9. The first-order valence-corrected chi connectivity index (χ1v) is 6.31.